The third-order valence-corrected chi connectivity index (χ3v) is 4.02. The first-order chi connectivity index (χ1) is 12.5. The molecule has 7 nitrogen and oxygen atoms in total. The minimum absolute atomic E-state index is 0.0585. The van der Waals surface area contributed by atoms with Crippen molar-refractivity contribution in [2.45, 2.75) is 12.8 Å². The molecule has 1 aliphatic heterocycles. The topological polar surface area (TPSA) is 112 Å². The van der Waals surface area contributed by atoms with Gasteiger partial charge < -0.3 is 19.9 Å². The molecule has 0 radical (unpaired) electrons. The van der Waals surface area contributed by atoms with Gasteiger partial charge in [0.15, 0.2) is 0 Å². The van der Waals surface area contributed by atoms with Crippen LogP contribution in [0.25, 0.3) is 0 Å². The fourth-order valence-corrected chi connectivity index (χ4v) is 2.81. The Hall–Kier alpha value is -2.98. The highest BCUT2D eigenvalue weighted by Gasteiger charge is 2.37. The van der Waals surface area contributed by atoms with E-state index in [9.17, 15) is 14.9 Å². The van der Waals surface area contributed by atoms with Gasteiger partial charge in [0, 0.05) is 0 Å². The van der Waals surface area contributed by atoms with Crippen molar-refractivity contribution in [2.24, 2.45) is 5.73 Å². The maximum Gasteiger partial charge on any atom is 0.338 e. The van der Waals surface area contributed by atoms with Crippen molar-refractivity contribution in [3.8, 4) is 6.07 Å². The number of nitriles is 1. The predicted octanol–water partition coefficient (Wildman–Crippen LogP) is 2.34. The molecule has 0 aromatic heterocycles. The summed E-state index contributed by atoms with van der Waals surface area (Å²) in [6.07, 6.45) is 0. The van der Waals surface area contributed by atoms with Crippen molar-refractivity contribution in [1.82, 2.24) is 0 Å². The Morgan fingerprint density at radius 2 is 1.96 bits per heavy atom. The van der Waals surface area contributed by atoms with Gasteiger partial charge in [-0.1, -0.05) is 12.1 Å². The molecule has 0 saturated heterocycles. The number of nitrogens with zero attached hydrogens (tertiary/aromatic N) is 1. The highest BCUT2D eigenvalue weighted by Crippen LogP contribution is 2.39. The molecule has 2 rings (SSSR count). The number of allylic oxidation sites excluding steroid dienone is 2. The minimum atomic E-state index is -0.814. The Morgan fingerprint density at radius 1 is 1.31 bits per heavy atom. The Bertz CT molecular complexity index is 821. The van der Waals surface area contributed by atoms with Gasteiger partial charge in [-0.2, -0.15) is 5.26 Å². The van der Waals surface area contributed by atoms with Gasteiger partial charge in [-0.05, 0) is 24.6 Å². The second kappa shape index (κ2) is 8.41. The van der Waals surface area contributed by atoms with Gasteiger partial charge >= 0.3 is 11.9 Å². The van der Waals surface area contributed by atoms with E-state index in [1.54, 1.807) is 31.2 Å². The average molecular weight is 377 g/mol. The number of benzene rings is 1. The Balaban J connectivity index is 2.55. The lowest BCUT2D eigenvalue weighted by Crippen LogP contribution is -2.26. The third-order valence-electron chi connectivity index (χ3n) is 3.78. The maximum absolute atomic E-state index is 12.3. The average Bonchev–Trinajstić information content (AvgIpc) is 2.66. The number of carbonyl (C=O) groups excluding carboxylic acids is 2. The zero-order valence-corrected chi connectivity index (χ0v) is 15.0. The van der Waals surface area contributed by atoms with E-state index in [4.69, 9.17) is 31.5 Å². The molecule has 0 aliphatic carbocycles. The fourth-order valence-electron chi connectivity index (χ4n) is 2.61. The van der Waals surface area contributed by atoms with Gasteiger partial charge in [0.05, 0.1) is 36.7 Å². The van der Waals surface area contributed by atoms with Crippen LogP contribution in [0.4, 0.5) is 0 Å². The van der Waals surface area contributed by atoms with Gasteiger partial charge in [-0.25, -0.2) is 9.59 Å². The molecule has 0 unspecified atom stereocenters. The Labute approximate surface area is 155 Å². The highest BCUT2D eigenvalue weighted by atomic mass is 35.5. The first kappa shape index (κ1) is 19.3. The van der Waals surface area contributed by atoms with Gasteiger partial charge in [-0.3, -0.25) is 0 Å². The summed E-state index contributed by atoms with van der Waals surface area (Å²) in [7, 11) is 1.22. The SMILES string of the molecule is CCOC(=O)c1ccc([C@H]2C(C#N)=C(N)OC(CCl)=C2C(=O)OC)cc1. The quantitative estimate of drug-likeness (QED) is 0.620. The molecule has 1 heterocycles. The number of rotatable bonds is 5. The zero-order chi connectivity index (χ0) is 19.3. The lowest BCUT2D eigenvalue weighted by molar-refractivity contribution is -0.136. The highest BCUT2D eigenvalue weighted by molar-refractivity contribution is 6.19. The molecule has 1 aliphatic rings. The molecule has 0 spiro atoms. The van der Waals surface area contributed by atoms with E-state index in [1.807, 2.05) is 6.07 Å². The monoisotopic (exact) mass is 376 g/mol. The second-order valence-corrected chi connectivity index (χ2v) is 5.50. The van der Waals surface area contributed by atoms with Crippen LogP contribution in [0, 0.1) is 11.3 Å². The molecular weight excluding hydrogens is 360 g/mol. The predicted molar refractivity (Wildman–Crippen MR) is 92.8 cm³/mol. The van der Waals surface area contributed by atoms with Gasteiger partial charge in [0.2, 0.25) is 5.88 Å². The van der Waals surface area contributed by atoms with Gasteiger partial charge in [0.25, 0.3) is 0 Å². The van der Waals surface area contributed by atoms with Crippen LogP contribution in [0.3, 0.4) is 0 Å². The first-order valence-electron chi connectivity index (χ1n) is 7.70. The molecule has 0 amide bonds. The number of methoxy groups -OCH3 is 1. The number of hydrogen-bond acceptors (Lipinski definition) is 7. The Kier molecular flexibility index (Phi) is 6.26. The first-order valence-corrected chi connectivity index (χ1v) is 8.23. The van der Waals surface area contributed by atoms with Crippen LogP contribution < -0.4 is 5.73 Å². The second-order valence-electron chi connectivity index (χ2n) is 5.23. The summed E-state index contributed by atoms with van der Waals surface area (Å²) in [5.74, 6) is -2.09. The number of alkyl halides is 1. The molecule has 1 aromatic rings. The van der Waals surface area contributed by atoms with Crippen LogP contribution in [-0.2, 0) is 19.0 Å². The normalized spacial score (nSPS) is 16.6. The summed E-state index contributed by atoms with van der Waals surface area (Å²) >= 11 is 5.87. The molecule has 0 saturated carbocycles. The van der Waals surface area contributed by atoms with Gasteiger partial charge in [-0.15, -0.1) is 11.6 Å². The van der Waals surface area contributed by atoms with Crippen molar-refractivity contribution in [3.05, 3.63) is 58.2 Å². The van der Waals surface area contributed by atoms with Crippen molar-refractivity contribution < 1.29 is 23.8 Å². The number of halogens is 1. The summed E-state index contributed by atoms with van der Waals surface area (Å²) in [5, 5.41) is 9.49. The number of hydrogen-bond donors (Lipinski definition) is 1. The molecule has 8 heteroatoms. The van der Waals surface area contributed by atoms with E-state index in [0.29, 0.717) is 11.1 Å². The van der Waals surface area contributed by atoms with E-state index in [2.05, 4.69) is 0 Å². The van der Waals surface area contributed by atoms with Crippen molar-refractivity contribution in [3.63, 3.8) is 0 Å². The molecule has 136 valence electrons. The van der Waals surface area contributed by atoms with E-state index < -0.39 is 17.9 Å². The largest absolute Gasteiger partial charge is 0.466 e. The summed E-state index contributed by atoms with van der Waals surface area (Å²) in [4.78, 5) is 24.1. The van der Waals surface area contributed by atoms with Crippen LogP contribution in [0.5, 0.6) is 0 Å². The van der Waals surface area contributed by atoms with E-state index in [-0.39, 0.29) is 35.3 Å². The lowest BCUT2D eigenvalue weighted by atomic mass is 9.83. The van der Waals surface area contributed by atoms with Crippen LogP contribution >= 0.6 is 11.6 Å². The molecule has 0 fully saturated rings. The third kappa shape index (κ3) is 3.65. The zero-order valence-electron chi connectivity index (χ0n) is 14.2. The molecule has 1 atom stereocenters. The summed E-state index contributed by atoms with van der Waals surface area (Å²) in [5.41, 5.74) is 6.88. The van der Waals surface area contributed by atoms with Gasteiger partial charge in [0.1, 0.15) is 17.4 Å². The smallest absolute Gasteiger partial charge is 0.338 e. The summed E-state index contributed by atoms with van der Waals surface area (Å²) in [6, 6.07) is 8.28. The van der Waals surface area contributed by atoms with Crippen LogP contribution in [-0.4, -0.2) is 31.5 Å². The van der Waals surface area contributed by atoms with E-state index in [1.165, 1.54) is 7.11 Å². The molecular formula is C18H17ClN2O5. The molecule has 1 aromatic carbocycles. The maximum atomic E-state index is 12.3. The number of ether oxygens (including phenoxy) is 3. The standard InChI is InChI=1S/C18H17ClN2O5/c1-3-25-17(22)11-6-4-10(5-7-11)14-12(9-20)16(21)26-13(8-19)15(14)18(23)24-2/h4-7,14H,3,8,21H2,1-2H3/t14-/m0/s1. The molecule has 26 heavy (non-hydrogen) atoms. The minimum Gasteiger partial charge on any atom is -0.466 e. The van der Waals surface area contributed by atoms with Crippen molar-refractivity contribution in [1.29, 1.82) is 5.26 Å². The van der Waals surface area contributed by atoms with Crippen molar-refractivity contribution in [2.75, 3.05) is 19.6 Å². The number of carbonyl (C=O) groups is 2. The van der Waals surface area contributed by atoms with E-state index >= 15 is 0 Å². The number of esters is 2. The molecule has 2 N–H and O–H groups in total. The van der Waals surface area contributed by atoms with Crippen LogP contribution in [0.1, 0.15) is 28.8 Å². The fraction of sp³-hybridized carbons (Fsp3) is 0.278. The van der Waals surface area contributed by atoms with Crippen LogP contribution in [0.15, 0.2) is 47.1 Å². The van der Waals surface area contributed by atoms with Crippen LogP contribution in [0.2, 0.25) is 0 Å². The van der Waals surface area contributed by atoms with E-state index in [0.717, 1.165) is 0 Å². The summed E-state index contributed by atoms with van der Waals surface area (Å²) < 4.78 is 15.1. The Morgan fingerprint density at radius 3 is 2.46 bits per heavy atom. The summed E-state index contributed by atoms with van der Waals surface area (Å²) in [6.45, 7) is 1.97. The molecule has 0 bridgehead atoms. The number of nitrogens with two attached hydrogens (primary N) is 1. The lowest BCUT2D eigenvalue weighted by Gasteiger charge is -2.27. The van der Waals surface area contributed by atoms with Crippen molar-refractivity contribution >= 4 is 23.5 Å².